The lowest BCUT2D eigenvalue weighted by Crippen LogP contribution is -2.49. The van der Waals surface area contributed by atoms with E-state index < -0.39 is 19.4 Å². The van der Waals surface area contributed by atoms with Crippen LogP contribution in [-0.4, -0.2) is 43.0 Å². The second kappa shape index (κ2) is 8.11. The highest BCUT2D eigenvalue weighted by Gasteiger charge is 2.44. The lowest BCUT2D eigenvalue weighted by Gasteiger charge is -2.34. The smallest absolute Gasteiger partial charge is 0.413 e. The molecule has 1 atom stereocenters. The zero-order chi connectivity index (χ0) is 19.5. The minimum atomic E-state index is -1.42. The van der Waals surface area contributed by atoms with Crippen molar-refractivity contribution in [3.8, 4) is 0 Å². The van der Waals surface area contributed by atoms with Gasteiger partial charge >= 0.3 is 6.09 Å². The molecule has 0 aromatic heterocycles. The molecule has 0 saturated carbocycles. The second-order valence-electron chi connectivity index (χ2n) is 9.32. The Kier molecular flexibility index (Phi) is 7.14. The molecule has 1 aliphatic heterocycles. The summed E-state index contributed by atoms with van der Waals surface area (Å²) in [7, 11) is -1.42. The molecule has 0 unspecified atom stereocenters. The Bertz CT molecular complexity index is 534. The SMILES string of the molecule is CCCCC(=C=C[C@@H]1COC(C)(C)N1C(=O)OC(C)(C)C)[Si](C)(C)C. The van der Waals surface area contributed by atoms with Gasteiger partial charge in [0.15, 0.2) is 0 Å². The van der Waals surface area contributed by atoms with Crippen LogP contribution in [0, 0.1) is 0 Å². The number of hydrogen-bond acceptors (Lipinski definition) is 3. The lowest BCUT2D eigenvalue weighted by atomic mass is 10.2. The first kappa shape index (κ1) is 22.0. The van der Waals surface area contributed by atoms with Gasteiger partial charge in [-0.1, -0.05) is 33.0 Å². The van der Waals surface area contributed by atoms with Gasteiger partial charge in [-0.25, -0.2) is 4.79 Å². The van der Waals surface area contributed by atoms with Crippen molar-refractivity contribution in [1.82, 2.24) is 4.90 Å². The quantitative estimate of drug-likeness (QED) is 0.475. The van der Waals surface area contributed by atoms with E-state index in [9.17, 15) is 4.79 Å². The first-order valence-electron chi connectivity index (χ1n) is 9.40. The van der Waals surface area contributed by atoms with E-state index >= 15 is 0 Å². The van der Waals surface area contributed by atoms with Crippen LogP contribution < -0.4 is 0 Å². The van der Waals surface area contributed by atoms with Crippen LogP contribution in [0.15, 0.2) is 17.0 Å². The summed E-state index contributed by atoms with van der Waals surface area (Å²) in [5, 5.41) is 1.42. The summed E-state index contributed by atoms with van der Waals surface area (Å²) < 4.78 is 11.4. The van der Waals surface area contributed by atoms with Crippen LogP contribution in [-0.2, 0) is 9.47 Å². The Labute approximate surface area is 155 Å². The van der Waals surface area contributed by atoms with Crippen molar-refractivity contribution in [2.45, 2.75) is 97.8 Å². The zero-order valence-electron chi connectivity index (χ0n) is 17.7. The summed E-state index contributed by atoms with van der Waals surface area (Å²) in [5.74, 6) is 0. The van der Waals surface area contributed by atoms with E-state index in [0.717, 1.165) is 6.42 Å². The monoisotopic (exact) mass is 367 g/mol. The fourth-order valence-electron chi connectivity index (χ4n) is 2.84. The van der Waals surface area contributed by atoms with Gasteiger partial charge in [0.2, 0.25) is 0 Å². The van der Waals surface area contributed by atoms with E-state index in [1.54, 1.807) is 4.90 Å². The van der Waals surface area contributed by atoms with Crippen molar-refractivity contribution in [1.29, 1.82) is 0 Å². The summed E-state index contributed by atoms with van der Waals surface area (Å²) in [6.07, 6.45) is 5.14. The average molecular weight is 368 g/mol. The van der Waals surface area contributed by atoms with Gasteiger partial charge in [0, 0.05) is 0 Å². The molecule has 1 amide bonds. The summed E-state index contributed by atoms with van der Waals surface area (Å²) in [4.78, 5) is 14.4. The maximum absolute atomic E-state index is 12.7. The van der Waals surface area contributed by atoms with Crippen LogP contribution in [0.2, 0.25) is 19.6 Å². The summed E-state index contributed by atoms with van der Waals surface area (Å²) in [5.41, 5.74) is 2.35. The number of carbonyl (C=O) groups excluding carboxylic acids is 1. The Morgan fingerprint density at radius 3 is 2.44 bits per heavy atom. The highest BCUT2D eigenvalue weighted by Crippen LogP contribution is 2.30. The van der Waals surface area contributed by atoms with Crippen LogP contribution in [0.5, 0.6) is 0 Å². The van der Waals surface area contributed by atoms with Crippen LogP contribution in [0.25, 0.3) is 0 Å². The van der Waals surface area contributed by atoms with Crippen LogP contribution >= 0.6 is 0 Å². The molecule has 25 heavy (non-hydrogen) atoms. The van der Waals surface area contributed by atoms with E-state index in [-0.39, 0.29) is 12.1 Å². The van der Waals surface area contributed by atoms with E-state index in [4.69, 9.17) is 9.47 Å². The lowest BCUT2D eigenvalue weighted by molar-refractivity contribution is -0.0610. The summed E-state index contributed by atoms with van der Waals surface area (Å²) in [6, 6.07) is -0.141. The van der Waals surface area contributed by atoms with E-state index in [0.29, 0.717) is 6.61 Å². The zero-order valence-corrected chi connectivity index (χ0v) is 18.7. The van der Waals surface area contributed by atoms with Gasteiger partial charge in [-0.2, -0.15) is 0 Å². The molecule has 1 aliphatic rings. The number of carbonyl (C=O) groups is 1. The largest absolute Gasteiger partial charge is 0.444 e. The molecular formula is C20H37NO3Si. The highest BCUT2D eigenvalue weighted by molar-refractivity contribution is 6.83. The van der Waals surface area contributed by atoms with E-state index in [2.05, 4.69) is 32.3 Å². The molecule has 1 fully saturated rings. The Morgan fingerprint density at radius 2 is 1.96 bits per heavy atom. The number of rotatable bonds is 5. The minimum absolute atomic E-state index is 0.141. The molecule has 1 heterocycles. The number of ether oxygens (including phenoxy) is 2. The van der Waals surface area contributed by atoms with Gasteiger partial charge in [0.1, 0.15) is 11.3 Å². The first-order valence-corrected chi connectivity index (χ1v) is 12.9. The molecule has 0 spiro atoms. The standard InChI is InChI=1S/C20H37NO3Si/c1-10-11-12-17(25(7,8)9)14-13-16-15-23-20(5,6)21(16)18(22)24-19(2,3)4/h13,16H,10-12,15H2,1-9H3/t14?,16-/m1/s1. The van der Waals surface area contributed by atoms with Gasteiger partial charge in [0.25, 0.3) is 0 Å². The Hall–Kier alpha value is -1.03. The maximum atomic E-state index is 12.7. The van der Waals surface area contributed by atoms with Crippen molar-refractivity contribution in [3.05, 3.63) is 17.0 Å². The summed E-state index contributed by atoms with van der Waals surface area (Å²) in [6.45, 7) is 19.2. The molecule has 5 heteroatoms. The summed E-state index contributed by atoms with van der Waals surface area (Å²) >= 11 is 0. The van der Waals surface area contributed by atoms with Gasteiger partial charge in [0.05, 0.1) is 20.7 Å². The van der Waals surface area contributed by atoms with Crippen molar-refractivity contribution in [2.24, 2.45) is 0 Å². The van der Waals surface area contributed by atoms with Crippen molar-refractivity contribution >= 4 is 14.2 Å². The first-order chi connectivity index (χ1) is 11.3. The van der Waals surface area contributed by atoms with E-state index in [1.807, 2.05) is 40.7 Å². The minimum Gasteiger partial charge on any atom is -0.444 e. The second-order valence-corrected chi connectivity index (χ2v) is 14.4. The molecule has 0 bridgehead atoms. The molecule has 0 aliphatic carbocycles. The van der Waals surface area contributed by atoms with Gasteiger partial charge in [-0.3, -0.25) is 4.90 Å². The molecule has 0 aromatic rings. The van der Waals surface area contributed by atoms with Crippen LogP contribution in [0.1, 0.15) is 60.8 Å². The number of nitrogens with zero attached hydrogens (tertiary/aromatic N) is 1. The Balaban J connectivity index is 3.11. The number of amides is 1. The van der Waals surface area contributed by atoms with Gasteiger partial charge in [-0.05, 0) is 58.7 Å². The van der Waals surface area contributed by atoms with E-state index in [1.165, 1.54) is 18.0 Å². The number of hydrogen-bond donors (Lipinski definition) is 0. The van der Waals surface area contributed by atoms with Crippen LogP contribution in [0.4, 0.5) is 4.79 Å². The normalized spacial score (nSPS) is 20.2. The fourth-order valence-corrected chi connectivity index (χ4v) is 4.28. The van der Waals surface area contributed by atoms with Crippen molar-refractivity contribution in [3.63, 3.8) is 0 Å². The predicted molar refractivity (Wildman–Crippen MR) is 106 cm³/mol. The molecule has 144 valence electrons. The van der Waals surface area contributed by atoms with Gasteiger partial charge in [-0.15, -0.1) is 5.73 Å². The third-order valence-electron chi connectivity index (χ3n) is 4.24. The molecular weight excluding hydrogens is 330 g/mol. The predicted octanol–water partition coefficient (Wildman–Crippen LogP) is 5.51. The molecule has 1 rings (SSSR count). The molecule has 0 N–H and O–H groups in total. The molecule has 0 radical (unpaired) electrons. The average Bonchev–Trinajstić information content (AvgIpc) is 2.70. The van der Waals surface area contributed by atoms with Crippen molar-refractivity contribution < 1.29 is 14.3 Å². The fraction of sp³-hybridized carbons (Fsp3) is 0.800. The third-order valence-corrected chi connectivity index (χ3v) is 6.45. The molecule has 4 nitrogen and oxygen atoms in total. The topological polar surface area (TPSA) is 38.8 Å². The van der Waals surface area contributed by atoms with Crippen LogP contribution in [0.3, 0.4) is 0 Å². The molecule has 0 aromatic carbocycles. The Morgan fingerprint density at radius 1 is 1.36 bits per heavy atom. The maximum Gasteiger partial charge on any atom is 0.413 e. The number of unbranched alkanes of at least 4 members (excludes halogenated alkanes) is 1. The van der Waals surface area contributed by atoms with Crippen molar-refractivity contribution in [2.75, 3.05) is 6.61 Å². The highest BCUT2D eigenvalue weighted by atomic mass is 28.3. The van der Waals surface area contributed by atoms with Gasteiger partial charge < -0.3 is 9.47 Å². The molecule has 1 saturated heterocycles. The third kappa shape index (κ3) is 6.65.